The Bertz CT molecular complexity index is 503. The fourth-order valence-electron chi connectivity index (χ4n) is 2.06. The van der Waals surface area contributed by atoms with Crippen LogP contribution in [0.2, 0.25) is 0 Å². The molecule has 7 nitrogen and oxygen atoms in total. The largest absolute Gasteiger partial charge is 0.399 e. The molecule has 0 bridgehead atoms. The Kier molecular flexibility index (Phi) is 5.13. The monoisotopic (exact) mass is 293 g/mol. The lowest BCUT2D eigenvalue weighted by Gasteiger charge is -2.32. The fraction of sp³-hybridized carbons (Fsp3) is 0.429. The first kappa shape index (κ1) is 15.3. The molecule has 1 heterocycles. The molecule has 1 aliphatic heterocycles. The Morgan fingerprint density at radius 1 is 1.38 bits per heavy atom. The Hall–Kier alpha value is -2.12. The third-order valence-corrected chi connectivity index (χ3v) is 3.27. The number of benzene rings is 1. The number of nitrogens with two attached hydrogens (primary N) is 1. The van der Waals surface area contributed by atoms with E-state index < -0.39 is 0 Å². The topological polar surface area (TPSA) is 105 Å². The van der Waals surface area contributed by atoms with Gasteiger partial charge in [0.1, 0.15) is 0 Å². The van der Waals surface area contributed by atoms with E-state index in [1.54, 1.807) is 29.2 Å². The van der Waals surface area contributed by atoms with Crippen LogP contribution in [0.25, 0.3) is 0 Å². The SMILES string of the molecule is Nc1ccc(C(=O)NCC(=O)N2CCOC(CO)C2)cc1. The van der Waals surface area contributed by atoms with Crippen molar-refractivity contribution < 1.29 is 19.4 Å². The molecule has 2 amide bonds. The maximum absolute atomic E-state index is 12.0. The Balaban J connectivity index is 1.83. The van der Waals surface area contributed by atoms with Crippen molar-refractivity contribution in [1.29, 1.82) is 0 Å². The van der Waals surface area contributed by atoms with Crippen LogP contribution >= 0.6 is 0 Å². The van der Waals surface area contributed by atoms with E-state index in [0.717, 1.165) is 0 Å². The molecule has 1 aromatic carbocycles. The van der Waals surface area contributed by atoms with Crippen LogP contribution in [0.15, 0.2) is 24.3 Å². The number of nitrogens with one attached hydrogen (secondary N) is 1. The molecule has 0 aromatic heterocycles. The second-order valence-corrected chi connectivity index (χ2v) is 4.82. The summed E-state index contributed by atoms with van der Waals surface area (Å²) in [6.07, 6.45) is -0.351. The standard InChI is InChI=1S/C14H19N3O4/c15-11-3-1-10(2-4-11)14(20)16-7-13(19)17-5-6-21-12(8-17)9-18/h1-4,12,18H,5-9,15H2,(H,16,20). The summed E-state index contributed by atoms with van der Waals surface area (Å²) < 4.78 is 5.27. The lowest BCUT2D eigenvalue weighted by molar-refractivity contribution is -0.139. The maximum Gasteiger partial charge on any atom is 0.251 e. The number of morpholine rings is 1. The first-order chi connectivity index (χ1) is 10.1. The van der Waals surface area contributed by atoms with Crippen molar-refractivity contribution in [1.82, 2.24) is 10.2 Å². The second-order valence-electron chi connectivity index (χ2n) is 4.82. The molecule has 1 unspecified atom stereocenters. The van der Waals surface area contributed by atoms with Gasteiger partial charge in [0.25, 0.3) is 5.91 Å². The van der Waals surface area contributed by atoms with Gasteiger partial charge < -0.3 is 25.8 Å². The molecule has 4 N–H and O–H groups in total. The van der Waals surface area contributed by atoms with E-state index in [1.807, 2.05) is 0 Å². The van der Waals surface area contributed by atoms with Crippen molar-refractivity contribution in [2.24, 2.45) is 0 Å². The fourth-order valence-corrected chi connectivity index (χ4v) is 2.06. The molecular weight excluding hydrogens is 274 g/mol. The molecule has 0 saturated carbocycles. The molecule has 1 saturated heterocycles. The maximum atomic E-state index is 12.0. The number of hydrogen-bond donors (Lipinski definition) is 3. The predicted octanol–water partition coefficient (Wildman–Crippen LogP) is -0.782. The molecule has 1 fully saturated rings. The van der Waals surface area contributed by atoms with E-state index in [9.17, 15) is 9.59 Å². The summed E-state index contributed by atoms with van der Waals surface area (Å²) in [7, 11) is 0. The van der Waals surface area contributed by atoms with E-state index in [-0.39, 0.29) is 31.1 Å². The average Bonchev–Trinajstić information content (AvgIpc) is 2.53. The Morgan fingerprint density at radius 2 is 2.10 bits per heavy atom. The summed E-state index contributed by atoms with van der Waals surface area (Å²) in [4.78, 5) is 25.5. The van der Waals surface area contributed by atoms with Crippen molar-refractivity contribution in [2.75, 3.05) is 38.6 Å². The summed E-state index contributed by atoms with van der Waals surface area (Å²) in [5, 5.41) is 11.6. The van der Waals surface area contributed by atoms with Crippen LogP contribution in [0, 0.1) is 0 Å². The van der Waals surface area contributed by atoms with Gasteiger partial charge in [0, 0.05) is 24.3 Å². The van der Waals surface area contributed by atoms with Gasteiger partial charge in [-0.25, -0.2) is 0 Å². The number of nitrogens with zero attached hydrogens (tertiary/aromatic N) is 1. The van der Waals surface area contributed by atoms with Crippen molar-refractivity contribution in [3.63, 3.8) is 0 Å². The number of carbonyl (C=O) groups excluding carboxylic acids is 2. The van der Waals surface area contributed by atoms with E-state index in [4.69, 9.17) is 15.6 Å². The molecule has 7 heteroatoms. The highest BCUT2D eigenvalue weighted by Gasteiger charge is 2.23. The van der Waals surface area contributed by atoms with Gasteiger partial charge in [-0.3, -0.25) is 9.59 Å². The Labute approximate surface area is 122 Å². The molecule has 2 rings (SSSR count). The molecule has 0 spiro atoms. The van der Waals surface area contributed by atoms with E-state index in [0.29, 0.717) is 30.9 Å². The van der Waals surface area contributed by atoms with Gasteiger partial charge in [-0.2, -0.15) is 0 Å². The van der Waals surface area contributed by atoms with Gasteiger partial charge in [0.15, 0.2) is 0 Å². The van der Waals surface area contributed by atoms with Crippen LogP contribution in [0.1, 0.15) is 10.4 Å². The zero-order valence-electron chi connectivity index (χ0n) is 11.6. The summed E-state index contributed by atoms with van der Waals surface area (Å²) in [6.45, 7) is 0.992. The summed E-state index contributed by atoms with van der Waals surface area (Å²) in [5.41, 5.74) is 6.57. The second kappa shape index (κ2) is 7.05. The molecule has 1 aromatic rings. The van der Waals surface area contributed by atoms with Gasteiger partial charge in [-0.1, -0.05) is 0 Å². The molecule has 1 atom stereocenters. The number of hydrogen-bond acceptors (Lipinski definition) is 5. The van der Waals surface area contributed by atoms with Gasteiger partial charge in [-0.15, -0.1) is 0 Å². The van der Waals surface area contributed by atoms with Crippen molar-refractivity contribution in [3.05, 3.63) is 29.8 Å². The highest BCUT2D eigenvalue weighted by molar-refractivity contribution is 5.96. The molecule has 0 aliphatic carbocycles. The van der Waals surface area contributed by atoms with Crippen LogP contribution in [0.3, 0.4) is 0 Å². The smallest absolute Gasteiger partial charge is 0.251 e. The molecule has 0 radical (unpaired) electrons. The van der Waals surface area contributed by atoms with E-state index >= 15 is 0 Å². The van der Waals surface area contributed by atoms with Crippen LogP contribution < -0.4 is 11.1 Å². The lowest BCUT2D eigenvalue weighted by Crippen LogP contribution is -2.49. The van der Waals surface area contributed by atoms with Crippen LogP contribution in [0.4, 0.5) is 5.69 Å². The first-order valence-electron chi connectivity index (χ1n) is 6.74. The molecular formula is C14H19N3O4. The molecule has 114 valence electrons. The quantitative estimate of drug-likeness (QED) is 0.632. The number of rotatable bonds is 4. The first-order valence-corrected chi connectivity index (χ1v) is 6.74. The van der Waals surface area contributed by atoms with Crippen LogP contribution in [-0.4, -0.2) is 60.8 Å². The summed E-state index contributed by atoms with van der Waals surface area (Å²) >= 11 is 0. The molecule has 21 heavy (non-hydrogen) atoms. The summed E-state index contributed by atoms with van der Waals surface area (Å²) in [5.74, 6) is -0.518. The molecule has 1 aliphatic rings. The third kappa shape index (κ3) is 4.17. The van der Waals surface area contributed by atoms with Crippen molar-refractivity contribution in [3.8, 4) is 0 Å². The average molecular weight is 293 g/mol. The highest BCUT2D eigenvalue weighted by atomic mass is 16.5. The number of nitrogen functional groups attached to an aromatic ring is 1. The Morgan fingerprint density at radius 3 is 2.76 bits per heavy atom. The van der Waals surface area contributed by atoms with E-state index in [2.05, 4.69) is 5.32 Å². The number of anilines is 1. The van der Waals surface area contributed by atoms with Gasteiger partial charge in [-0.05, 0) is 24.3 Å². The minimum absolute atomic E-state index is 0.0820. The van der Waals surface area contributed by atoms with Crippen molar-refractivity contribution >= 4 is 17.5 Å². The number of aliphatic hydroxyl groups excluding tert-OH is 1. The predicted molar refractivity (Wildman–Crippen MR) is 76.6 cm³/mol. The number of ether oxygens (including phenoxy) is 1. The zero-order chi connectivity index (χ0) is 15.2. The number of amides is 2. The third-order valence-electron chi connectivity index (χ3n) is 3.27. The lowest BCUT2D eigenvalue weighted by atomic mass is 10.2. The normalized spacial score (nSPS) is 18.3. The van der Waals surface area contributed by atoms with Gasteiger partial charge in [0.2, 0.25) is 5.91 Å². The summed E-state index contributed by atoms with van der Waals surface area (Å²) in [6, 6.07) is 6.46. The highest BCUT2D eigenvalue weighted by Crippen LogP contribution is 2.06. The number of aliphatic hydroxyl groups is 1. The number of carbonyl (C=O) groups is 2. The van der Waals surface area contributed by atoms with Gasteiger partial charge in [0.05, 0.1) is 25.9 Å². The van der Waals surface area contributed by atoms with Crippen molar-refractivity contribution in [2.45, 2.75) is 6.10 Å². The minimum Gasteiger partial charge on any atom is -0.399 e. The zero-order valence-corrected chi connectivity index (χ0v) is 11.6. The van der Waals surface area contributed by atoms with Gasteiger partial charge >= 0.3 is 0 Å². The minimum atomic E-state index is -0.351. The van der Waals surface area contributed by atoms with E-state index in [1.165, 1.54) is 0 Å². The van der Waals surface area contributed by atoms with Crippen LogP contribution in [-0.2, 0) is 9.53 Å². The van der Waals surface area contributed by atoms with Crippen LogP contribution in [0.5, 0.6) is 0 Å².